The molecule has 20 heterocycles. The zero-order valence-corrected chi connectivity index (χ0v) is 72.8. The van der Waals surface area contributed by atoms with Crippen LogP contribution in [0.4, 0.5) is 17.1 Å². The number of nitrogen functional groups attached to an aromatic ring is 1. The summed E-state index contributed by atoms with van der Waals surface area (Å²) >= 11 is 6.62. The van der Waals surface area contributed by atoms with Crippen LogP contribution in [0.3, 0.4) is 0 Å². The smallest absolute Gasteiger partial charge is 0.224 e. The van der Waals surface area contributed by atoms with Gasteiger partial charge in [0.15, 0.2) is 23.3 Å². The molecule has 0 saturated carbocycles. The lowest BCUT2D eigenvalue weighted by molar-refractivity contribution is -0.115. The minimum atomic E-state index is -0.0484. The maximum atomic E-state index is 11.8. The fourth-order valence-corrected chi connectivity index (χ4v) is 18.3. The molecule has 129 heavy (non-hydrogen) atoms. The van der Waals surface area contributed by atoms with Crippen molar-refractivity contribution in [3.63, 3.8) is 0 Å². The Kier molecular flexibility index (Phi) is 21.2. The van der Waals surface area contributed by atoms with Crippen LogP contribution in [0.1, 0.15) is 18.9 Å². The number of hydrogen-bond donors (Lipinski definition) is 10. The average molecular weight is 1760 g/mol. The van der Waals surface area contributed by atoms with Crippen LogP contribution < -0.4 is 16.0 Å². The highest BCUT2D eigenvalue weighted by molar-refractivity contribution is 7.09. The van der Waals surface area contributed by atoms with E-state index in [1.54, 1.807) is 88.7 Å². The summed E-state index contributed by atoms with van der Waals surface area (Å²) in [7, 11) is 8.14. The number of aromatic amines is 8. The first-order chi connectivity index (χ1) is 63.3. The molecule has 0 radical (unpaired) electrons. The number of pyridine rings is 8. The molecule has 628 valence electrons. The van der Waals surface area contributed by atoms with Gasteiger partial charge in [-0.3, -0.25) is 65.1 Å². The SMILES string of the molecule is CCC(=O)Nc1cncc(-c2ccc3[nH]nc(-c4nc5c(-c6ccsc6)cncc5[nH]4)c3c2)c1.CN(C)Cc1cncc(-c2ccc3[nH]nc(-c4nc5c(-c6ccsc6)cncc5[nH]4)c3c2)c1.CN(C)c1cncc(-c2ccc3[nH]nc(-c4nc5c(-c6ccsc6)cncc5[nH]4)c3c2)c1.Nc1cncc(-c2ccc3[nH]nc(-c4nc5c(-c6ccsc6)cncc5[nH]4)c3c2)c1. The minimum Gasteiger partial charge on any atom is -0.397 e. The topological polar surface area (TPSA) is 394 Å². The van der Waals surface area contributed by atoms with Crippen molar-refractivity contribution in [1.29, 1.82) is 0 Å². The predicted molar refractivity (Wildman–Crippen MR) is 517 cm³/mol. The molecule has 0 aliphatic carbocycles. The second-order valence-corrected chi connectivity index (χ2v) is 34.2. The molecule has 0 atom stereocenters. The Hall–Kier alpha value is -16.3. The number of H-pyrrole nitrogens is 8. The monoisotopic (exact) mass is 1760 g/mol. The predicted octanol–water partition coefficient (Wildman–Crippen LogP) is 21.2. The highest BCUT2D eigenvalue weighted by Gasteiger charge is 2.24. The van der Waals surface area contributed by atoms with Crippen molar-refractivity contribution in [2.24, 2.45) is 0 Å². The number of aromatic nitrogens is 24. The van der Waals surface area contributed by atoms with Crippen molar-refractivity contribution in [2.45, 2.75) is 19.9 Å². The number of carbonyl (C=O) groups is 1. The van der Waals surface area contributed by atoms with E-state index in [4.69, 9.17) is 25.7 Å². The van der Waals surface area contributed by atoms with Crippen molar-refractivity contribution >= 4 is 156 Å². The fraction of sp³-hybridized carbons (Fsp3) is 0.0729. The lowest BCUT2D eigenvalue weighted by Crippen LogP contribution is -2.10. The van der Waals surface area contributed by atoms with Gasteiger partial charge in [-0.15, -0.1) is 0 Å². The standard InChI is InChI=1S/C25H19N7OS.C25H21N7S.C24H19N7S.C22H15N7S/c1-2-22(33)28-17-7-16(9-26-10-17)14-3-4-20-18(8-14)24(32-31-20)25-29-21-12-27-11-19(23(21)30-25)15-5-6-34-13-15;1-32(2)13-15-7-18(10-26-9-15)16-3-4-21-19(8-16)24(31-30-21)25-28-22-12-27-11-20(23(22)29-25)17-5-6-33-14-17;1-31(2)17-7-16(9-25-10-17)14-3-4-20-18(8-14)23(30-29-20)24-27-21-12-26-11-19(22(21)28-24)15-5-6-32-13-15;23-15-5-14(7-24-8-15)12-1-2-18-16(6-12)21(29-28-18)22-26-19-10-25-9-17(20(19)27-22)13-3-4-30-11-13/h3-13H,2H2,1H3,(H,28,33)(H,29,30)(H,31,32);3-12,14H,13H2,1-2H3,(H,28,29)(H,30,31);3-13H,1-2H3,(H,27,28)(H,29,30);1-11H,23H2,(H,26,27)(H,28,29). The van der Waals surface area contributed by atoms with E-state index in [0.29, 0.717) is 35.3 Å². The molecule has 4 aromatic carbocycles. The van der Waals surface area contributed by atoms with Crippen LogP contribution in [0, 0.1) is 0 Å². The third-order valence-electron chi connectivity index (χ3n) is 22.0. The molecule has 11 N–H and O–H groups in total. The average Bonchev–Trinajstić information content (AvgIpc) is 1.63. The Morgan fingerprint density at radius 3 is 1.02 bits per heavy atom. The molecule has 1 amide bonds. The van der Waals surface area contributed by atoms with Crippen LogP contribution in [-0.4, -0.2) is 160 Å². The Bertz CT molecular complexity index is 8210. The minimum absolute atomic E-state index is 0.0484. The third kappa shape index (κ3) is 16.0. The summed E-state index contributed by atoms with van der Waals surface area (Å²) in [6.07, 6.45) is 29.4. The quantitative estimate of drug-likeness (QED) is 0.0405. The van der Waals surface area contributed by atoms with E-state index >= 15 is 0 Å². The van der Waals surface area contributed by atoms with Gasteiger partial charge in [0.2, 0.25) is 5.91 Å². The number of fused-ring (bicyclic) bond motifs is 8. The zero-order valence-electron chi connectivity index (χ0n) is 69.5. The van der Waals surface area contributed by atoms with E-state index in [9.17, 15) is 4.79 Å². The normalized spacial score (nSPS) is 11.5. The van der Waals surface area contributed by atoms with E-state index in [0.717, 1.165) is 218 Å². The van der Waals surface area contributed by atoms with Crippen LogP contribution in [0.15, 0.2) is 264 Å². The summed E-state index contributed by atoms with van der Waals surface area (Å²) < 4.78 is 0. The fourth-order valence-electron chi connectivity index (χ4n) is 15.7. The number of nitrogens with two attached hydrogens (primary N) is 1. The van der Waals surface area contributed by atoms with Gasteiger partial charge >= 0.3 is 0 Å². The molecule has 0 spiro atoms. The number of rotatable bonds is 17. The first-order valence-electron chi connectivity index (χ1n) is 40.9. The first-order valence-corrected chi connectivity index (χ1v) is 44.6. The van der Waals surface area contributed by atoms with Crippen molar-refractivity contribution in [2.75, 3.05) is 44.1 Å². The molecule has 24 aromatic rings. The van der Waals surface area contributed by atoms with Gasteiger partial charge in [-0.05, 0) is 204 Å². The Balaban J connectivity index is 0.000000104. The van der Waals surface area contributed by atoms with Gasteiger partial charge in [-0.2, -0.15) is 65.7 Å². The van der Waals surface area contributed by atoms with Gasteiger partial charge in [-0.25, -0.2) is 19.9 Å². The Morgan fingerprint density at radius 2 is 0.674 bits per heavy atom. The molecule has 20 aromatic heterocycles. The second-order valence-electron chi connectivity index (χ2n) is 31.1. The van der Waals surface area contributed by atoms with Crippen molar-refractivity contribution in [3.05, 3.63) is 269 Å². The maximum Gasteiger partial charge on any atom is 0.224 e. The van der Waals surface area contributed by atoms with Gasteiger partial charge in [0.25, 0.3) is 0 Å². The van der Waals surface area contributed by atoms with Gasteiger partial charge < -0.3 is 40.8 Å². The number of benzene rings is 4. The number of amides is 1. The highest BCUT2D eigenvalue weighted by Crippen LogP contribution is 2.41. The summed E-state index contributed by atoms with van der Waals surface area (Å²) in [6, 6.07) is 41.2. The van der Waals surface area contributed by atoms with Crippen molar-refractivity contribution < 1.29 is 4.79 Å². The lowest BCUT2D eigenvalue weighted by Gasteiger charge is -2.13. The summed E-state index contributed by atoms with van der Waals surface area (Å²) in [5.41, 5.74) is 39.9. The van der Waals surface area contributed by atoms with Crippen LogP contribution >= 0.6 is 45.3 Å². The van der Waals surface area contributed by atoms with E-state index in [1.807, 2.05) is 130 Å². The van der Waals surface area contributed by atoms with Gasteiger partial charge in [0, 0.05) is 155 Å². The highest BCUT2D eigenvalue weighted by atomic mass is 32.1. The number of nitrogens with one attached hydrogen (secondary N) is 9. The van der Waals surface area contributed by atoms with Crippen molar-refractivity contribution in [1.82, 2.24) is 125 Å². The molecule has 0 aliphatic heterocycles. The molecule has 0 saturated heterocycles. The van der Waals surface area contributed by atoms with Gasteiger partial charge in [0.05, 0.1) is 98.4 Å². The number of hydrogen-bond acceptors (Lipinski definition) is 24. The first kappa shape index (κ1) is 79.8. The Labute approximate surface area is 749 Å². The van der Waals surface area contributed by atoms with Gasteiger partial charge in [0.1, 0.15) is 44.8 Å². The third-order valence-corrected chi connectivity index (χ3v) is 24.8. The van der Waals surface area contributed by atoms with Crippen LogP contribution in [0.5, 0.6) is 0 Å². The number of imidazole rings is 4. The molecule has 33 heteroatoms. The number of anilines is 3. The molecule has 29 nitrogen and oxygen atoms in total. The summed E-state index contributed by atoms with van der Waals surface area (Å²) in [6.45, 7) is 2.66. The number of thiophene rings is 4. The molecule has 0 bridgehead atoms. The molecule has 0 aliphatic rings. The van der Waals surface area contributed by atoms with E-state index in [1.165, 1.54) is 5.56 Å². The number of nitrogens with zero attached hydrogens (tertiary/aromatic N) is 18. The van der Waals surface area contributed by atoms with E-state index in [-0.39, 0.29) is 5.91 Å². The van der Waals surface area contributed by atoms with Crippen LogP contribution in [0.25, 0.3) is 223 Å². The van der Waals surface area contributed by atoms with Crippen LogP contribution in [0.2, 0.25) is 0 Å². The molecule has 24 rings (SSSR count). The Morgan fingerprint density at radius 1 is 0.341 bits per heavy atom. The molecule has 0 unspecified atom stereocenters. The second kappa shape index (κ2) is 34.3. The van der Waals surface area contributed by atoms with Crippen LogP contribution in [-0.2, 0) is 11.3 Å². The van der Waals surface area contributed by atoms with E-state index < -0.39 is 0 Å². The molecular formula is C96H74N28OS4. The van der Waals surface area contributed by atoms with Crippen molar-refractivity contribution in [3.8, 4) is 135 Å². The summed E-state index contributed by atoms with van der Waals surface area (Å²) in [5.74, 6) is 2.76. The molecule has 0 fully saturated rings. The van der Waals surface area contributed by atoms with E-state index in [2.05, 4.69) is 241 Å². The molecular weight excluding hydrogens is 1690 g/mol. The van der Waals surface area contributed by atoms with Gasteiger partial charge in [-0.1, -0.05) is 31.2 Å². The lowest BCUT2D eigenvalue weighted by atomic mass is 10.0. The number of carbonyl (C=O) groups excluding carboxylic acids is 1. The zero-order chi connectivity index (χ0) is 87.2. The summed E-state index contributed by atoms with van der Waals surface area (Å²) in [5, 5.41) is 54.1. The largest absolute Gasteiger partial charge is 0.397 e. The maximum absolute atomic E-state index is 11.8. The summed E-state index contributed by atoms with van der Waals surface area (Å²) in [4.78, 5) is 84.0.